The fourth-order valence-corrected chi connectivity index (χ4v) is 1.59. The first-order valence-electron chi connectivity index (χ1n) is 5.81. The maximum atomic E-state index is 11.7. The lowest BCUT2D eigenvalue weighted by Gasteiger charge is -2.08. The van der Waals surface area contributed by atoms with Crippen LogP contribution in [-0.4, -0.2) is 17.0 Å². The Balaban J connectivity index is 1.99. The molecule has 0 bridgehead atoms. The molecule has 2 rings (SSSR count). The topological polar surface area (TPSA) is 104 Å². The first kappa shape index (κ1) is 13.4. The molecule has 6 heteroatoms. The standard InChI is InChI=1S/C14H13N3O3/c15-13(19)9-4-6-10(7-5-9)16-14(20)17-11-2-1-3-12(18)8-11/h1-8,18H,(H2,15,19)(H2,16,17,20). The van der Waals surface area contributed by atoms with Crippen LogP contribution < -0.4 is 16.4 Å². The number of benzene rings is 2. The third-order valence-electron chi connectivity index (χ3n) is 2.53. The first-order chi connectivity index (χ1) is 9.54. The molecule has 0 atom stereocenters. The lowest BCUT2D eigenvalue weighted by Crippen LogP contribution is -2.19. The average Bonchev–Trinajstić information content (AvgIpc) is 2.39. The predicted molar refractivity (Wildman–Crippen MR) is 75.7 cm³/mol. The van der Waals surface area contributed by atoms with Crippen molar-refractivity contribution in [2.75, 3.05) is 10.6 Å². The maximum absolute atomic E-state index is 11.7. The van der Waals surface area contributed by atoms with Gasteiger partial charge in [0.15, 0.2) is 0 Å². The Morgan fingerprint density at radius 3 is 2.20 bits per heavy atom. The molecule has 0 fully saturated rings. The van der Waals surface area contributed by atoms with E-state index in [0.29, 0.717) is 16.9 Å². The maximum Gasteiger partial charge on any atom is 0.323 e. The molecule has 5 N–H and O–H groups in total. The quantitative estimate of drug-likeness (QED) is 0.687. The van der Waals surface area contributed by atoms with Gasteiger partial charge in [0.1, 0.15) is 5.75 Å². The van der Waals surface area contributed by atoms with Gasteiger partial charge in [-0.25, -0.2) is 4.79 Å². The number of carbonyl (C=O) groups is 2. The number of primary amides is 1. The Labute approximate surface area is 115 Å². The molecular formula is C14H13N3O3. The number of carbonyl (C=O) groups excluding carboxylic acids is 2. The number of phenolic OH excluding ortho intramolecular Hbond substituents is 1. The highest BCUT2D eigenvalue weighted by Gasteiger charge is 2.04. The minimum absolute atomic E-state index is 0.0635. The van der Waals surface area contributed by atoms with E-state index in [9.17, 15) is 14.7 Å². The second-order valence-corrected chi connectivity index (χ2v) is 4.07. The lowest BCUT2D eigenvalue weighted by atomic mass is 10.2. The van der Waals surface area contributed by atoms with E-state index in [0.717, 1.165) is 0 Å². The zero-order valence-corrected chi connectivity index (χ0v) is 10.5. The van der Waals surface area contributed by atoms with Gasteiger partial charge in [0.2, 0.25) is 5.91 Å². The number of urea groups is 1. The molecule has 0 aliphatic rings. The van der Waals surface area contributed by atoms with E-state index in [2.05, 4.69) is 10.6 Å². The van der Waals surface area contributed by atoms with Crippen LogP contribution in [0.4, 0.5) is 16.2 Å². The SMILES string of the molecule is NC(=O)c1ccc(NC(=O)Nc2cccc(O)c2)cc1. The zero-order valence-electron chi connectivity index (χ0n) is 10.5. The highest BCUT2D eigenvalue weighted by Crippen LogP contribution is 2.16. The molecule has 2 aromatic carbocycles. The third-order valence-corrected chi connectivity index (χ3v) is 2.53. The van der Waals surface area contributed by atoms with Crippen molar-refractivity contribution in [2.24, 2.45) is 5.73 Å². The molecule has 0 unspecified atom stereocenters. The smallest absolute Gasteiger partial charge is 0.323 e. The fourth-order valence-electron chi connectivity index (χ4n) is 1.59. The summed E-state index contributed by atoms with van der Waals surface area (Å²) in [6, 6.07) is 11.9. The summed E-state index contributed by atoms with van der Waals surface area (Å²) < 4.78 is 0. The lowest BCUT2D eigenvalue weighted by molar-refractivity contribution is 0.100. The van der Waals surface area contributed by atoms with Crippen molar-refractivity contribution in [1.29, 1.82) is 0 Å². The van der Waals surface area contributed by atoms with E-state index < -0.39 is 11.9 Å². The van der Waals surface area contributed by atoms with Crippen molar-refractivity contribution in [2.45, 2.75) is 0 Å². The van der Waals surface area contributed by atoms with Crippen molar-refractivity contribution in [1.82, 2.24) is 0 Å². The Morgan fingerprint density at radius 1 is 0.950 bits per heavy atom. The van der Waals surface area contributed by atoms with Gasteiger partial charge in [-0.1, -0.05) is 6.07 Å². The molecule has 0 aromatic heterocycles. The third kappa shape index (κ3) is 3.49. The van der Waals surface area contributed by atoms with E-state index in [1.54, 1.807) is 24.3 Å². The van der Waals surface area contributed by atoms with Crippen molar-refractivity contribution < 1.29 is 14.7 Å². The Kier molecular flexibility index (Phi) is 3.85. The number of rotatable bonds is 3. The summed E-state index contributed by atoms with van der Waals surface area (Å²) in [5, 5.41) is 14.4. The van der Waals surface area contributed by atoms with Gasteiger partial charge < -0.3 is 21.5 Å². The predicted octanol–water partition coefficient (Wildman–Crippen LogP) is 2.14. The van der Waals surface area contributed by atoms with Crippen molar-refractivity contribution in [3.05, 3.63) is 54.1 Å². The van der Waals surface area contributed by atoms with Crippen LogP contribution in [0.1, 0.15) is 10.4 Å². The molecule has 6 nitrogen and oxygen atoms in total. The Bertz CT molecular complexity index is 638. The van der Waals surface area contributed by atoms with Crippen molar-refractivity contribution in [3.63, 3.8) is 0 Å². The number of nitrogens with one attached hydrogen (secondary N) is 2. The van der Waals surface area contributed by atoms with Gasteiger partial charge in [0, 0.05) is 23.0 Å². The summed E-state index contributed by atoms with van der Waals surface area (Å²) in [5.41, 5.74) is 6.47. The molecule has 0 saturated carbocycles. The first-order valence-corrected chi connectivity index (χ1v) is 5.81. The van der Waals surface area contributed by atoms with Gasteiger partial charge in [-0.2, -0.15) is 0 Å². The number of nitrogens with two attached hydrogens (primary N) is 1. The van der Waals surface area contributed by atoms with Crippen LogP contribution in [0.2, 0.25) is 0 Å². The molecule has 102 valence electrons. The van der Waals surface area contributed by atoms with E-state index in [-0.39, 0.29) is 5.75 Å². The van der Waals surface area contributed by atoms with E-state index in [1.807, 2.05) is 0 Å². The molecule has 0 radical (unpaired) electrons. The van der Waals surface area contributed by atoms with E-state index in [1.165, 1.54) is 24.3 Å². The minimum Gasteiger partial charge on any atom is -0.508 e. The van der Waals surface area contributed by atoms with E-state index in [4.69, 9.17) is 5.73 Å². The number of hydrogen-bond donors (Lipinski definition) is 4. The van der Waals surface area contributed by atoms with Gasteiger partial charge >= 0.3 is 6.03 Å². The molecule has 2 aromatic rings. The molecule has 3 amide bonds. The van der Waals surface area contributed by atoms with Crippen LogP contribution >= 0.6 is 0 Å². The van der Waals surface area contributed by atoms with Crippen LogP contribution in [0.3, 0.4) is 0 Å². The molecule has 0 heterocycles. The van der Waals surface area contributed by atoms with Crippen LogP contribution in [0, 0.1) is 0 Å². The molecule has 0 spiro atoms. The molecule has 0 saturated heterocycles. The van der Waals surface area contributed by atoms with Gasteiger partial charge in [-0.3, -0.25) is 4.79 Å². The second-order valence-electron chi connectivity index (χ2n) is 4.07. The fraction of sp³-hybridized carbons (Fsp3) is 0. The van der Waals surface area contributed by atoms with Gasteiger partial charge in [0.05, 0.1) is 0 Å². The molecule has 0 aliphatic heterocycles. The summed E-state index contributed by atoms with van der Waals surface area (Å²) in [6.45, 7) is 0. The van der Waals surface area contributed by atoms with Gasteiger partial charge in [-0.15, -0.1) is 0 Å². The van der Waals surface area contributed by atoms with Crippen molar-refractivity contribution >= 4 is 23.3 Å². The summed E-state index contributed by atoms with van der Waals surface area (Å²) in [6.07, 6.45) is 0. The Hall–Kier alpha value is -3.02. The largest absolute Gasteiger partial charge is 0.508 e. The van der Waals surface area contributed by atoms with Crippen molar-refractivity contribution in [3.8, 4) is 5.75 Å². The number of hydrogen-bond acceptors (Lipinski definition) is 3. The number of amides is 3. The summed E-state index contributed by atoms with van der Waals surface area (Å²) in [4.78, 5) is 22.6. The normalized spacial score (nSPS) is 9.80. The molecule has 20 heavy (non-hydrogen) atoms. The number of anilines is 2. The molecular weight excluding hydrogens is 258 g/mol. The average molecular weight is 271 g/mol. The summed E-state index contributed by atoms with van der Waals surface area (Å²) in [5.74, 6) is -0.464. The summed E-state index contributed by atoms with van der Waals surface area (Å²) >= 11 is 0. The number of phenols is 1. The minimum atomic E-state index is -0.527. The van der Waals surface area contributed by atoms with E-state index >= 15 is 0 Å². The Morgan fingerprint density at radius 2 is 1.60 bits per heavy atom. The highest BCUT2D eigenvalue weighted by atomic mass is 16.3. The number of aromatic hydroxyl groups is 1. The zero-order chi connectivity index (χ0) is 14.5. The van der Waals surface area contributed by atoms with Crippen LogP contribution in [0.15, 0.2) is 48.5 Å². The van der Waals surface area contributed by atoms with Crippen LogP contribution in [-0.2, 0) is 0 Å². The highest BCUT2D eigenvalue weighted by molar-refractivity contribution is 6.00. The van der Waals surface area contributed by atoms with Gasteiger partial charge in [-0.05, 0) is 36.4 Å². The second kappa shape index (κ2) is 5.75. The van der Waals surface area contributed by atoms with Gasteiger partial charge in [0.25, 0.3) is 0 Å². The summed E-state index contributed by atoms with van der Waals surface area (Å²) in [7, 11) is 0. The van der Waals surface area contributed by atoms with Crippen LogP contribution in [0.25, 0.3) is 0 Å². The molecule has 0 aliphatic carbocycles. The monoisotopic (exact) mass is 271 g/mol. The van der Waals surface area contributed by atoms with Crippen LogP contribution in [0.5, 0.6) is 5.75 Å².